The highest BCUT2D eigenvalue weighted by molar-refractivity contribution is 5.61. The highest BCUT2D eigenvalue weighted by Crippen LogP contribution is 2.38. The molecular weight excluding hydrogens is 424 g/mol. The Hall–Kier alpha value is -2.42. The van der Waals surface area contributed by atoms with Gasteiger partial charge in [0, 0.05) is 6.54 Å². The molecule has 0 spiro atoms. The molecule has 0 amide bonds. The number of unbranched alkanes of at least 4 members (excludes halogenated alkanes) is 2. The van der Waals surface area contributed by atoms with E-state index >= 15 is 0 Å². The van der Waals surface area contributed by atoms with Crippen molar-refractivity contribution in [3.8, 4) is 5.75 Å². The normalized spacial score (nSPS) is 13.2. The quantitative estimate of drug-likeness (QED) is 0.346. The first kappa shape index (κ1) is 24.8. The largest absolute Gasteiger partial charge is 0.491 e. The van der Waals surface area contributed by atoms with Crippen LogP contribution < -0.4 is 9.64 Å². The van der Waals surface area contributed by atoms with E-state index in [-0.39, 0.29) is 24.6 Å². The molecule has 0 bridgehead atoms. The maximum atomic E-state index is 13.3. The molecule has 0 saturated heterocycles. The van der Waals surface area contributed by atoms with E-state index in [1.807, 2.05) is 6.92 Å². The average molecular weight is 449 g/mol. The van der Waals surface area contributed by atoms with Crippen molar-refractivity contribution in [1.29, 1.82) is 0 Å². The van der Waals surface area contributed by atoms with E-state index in [2.05, 4.69) is 0 Å². The third-order valence-electron chi connectivity index (χ3n) is 4.62. The number of ether oxygens (including phenoxy) is 1. The standard InChI is InChI=1S/C22H25F6NO2/c1-2-3-7-12-31-19-11-10-17(21(23,24)25)13-18(19)29(15-20(30)22(26,27)28)14-16-8-5-4-6-9-16/h4-6,8-11,13,20,30H,2-3,7,12,14-15H2,1H3. The summed E-state index contributed by atoms with van der Waals surface area (Å²) in [5, 5.41) is 9.63. The summed E-state index contributed by atoms with van der Waals surface area (Å²) in [6.07, 6.45) is -9.94. The number of nitrogens with zero attached hydrogens (tertiary/aromatic N) is 1. The van der Waals surface area contributed by atoms with Crippen molar-refractivity contribution < 1.29 is 36.2 Å². The lowest BCUT2D eigenvalue weighted by molar-refractivity contribution is -0.200. The van der Waals surface area contributed by atoms with Gasteiger partial charge in [0.25, 0.3) is 0 Å². The monoisotopic (exact) mass is 449 g/mol. The smallest absolute Gasteiger partial charge is 0.416 e. The van der Waals surface area contributed by atoms with Gasteiger partial charge in [0.2, 0.25) is 0 Å². The number of hydrogen-bond donors (Lipinski definition) is 1. The van der Waals surface area contributed by atoms with E-state index in [9.17, 15) is 31.4 Å². The topological polar surface area (TPSA) is 32.7 Å². The molecular formula is C22H25F6NO2. The Morgan fingerprint density at radius 2 is 1.65 bits per heavy atom. The van der Waals surface area contributed by atoms with Crippen LogP contribution in [-0.4, -0.2) is 30.5 Å². The lowest BCUT2D eigenvalue weighted by Crippen LogP contribution is -2.41. The molecule has 2 aromatic carbocycles. The van der Waals surface area contributed by atoms with Gasteiger partial charge in [-0.25, -0.2) is 0 Å². The highest BCUT2D eigenvalue weighted by Gasteiger charge is 2.40. The zero-order chi connectivity index (χ0) is 23.1. The van der Waals surface area contributed by atoms with Gasteiger partial charge < -0.3 is 14.7 Å². The van der Waals surface area contributed by atoms with E-state index in [4.69, 9.17) is 4.74 Å². The maximum Gasteiger partial charge on any atom is 0.416 e. The number of hydrogen-bond acceptors (Lipinski definition) is 3. The fraction of sp³-hybridized carbons (Fsp3) is 0.455. The summed E-state index contributed by atoms with van der Waals surface area (Å²) in [4.78, 5) is 1.07. The average Bonchev–Trinajstić information content (AvgIpc) is 2.70. The first-order valence-electron chi connectivity index (χ1n) is 9.90. The van der Waals surface area contributed by atoms with Crippen LogP contribution in [0.25, 0.3) is 0 Å². The number of aliphatic hydroxyl groups excluding tert-OH is 1. The van der Waals surface area contributed by atoms with Gasteiger partial charge in [0.1, 0.15) is 5.75 Å². The second-order valence-corrected chi connectivity index (χ2v) is 7.16. The van der Waals surface area contributed by atoms with E-state index in [0.29, 0.717) is 12.0 Å². The molecule has 0 fully saturated rings. The maximum absolute atomic E-state index is 13.3. The highest BCUT2D eigenvalue weighted by atomic mass is 19.4. The van der Waals surface area contributed by atoms with Crippen LogP contribution in [0.4, 0.5) is 32.0 Å². The number of benzene rings is 2. The molecule has 0 aliphatic carbocycles. The lowest BCUT2D eigenvalue weighted by atomic mass is 10.1. The molecule has 0 aliphatic rings. The Labute approximate surface area is 177 Å². The number of aliphatic hydroxyl groups is 1. The first-order chi connectivity index (χ1) is 14.5. The number of alkyl halides is 6. The zero-order valence-corrected chi connectivity index (χ0v) is 17.0. The summed E-state index contributed by atoms with van der Waals surface area (Å²) < 4.78 is 84.6. The molecule has 2 rings (SSSR count). The molecule has 31 heavy (non-hydrogen) atoms. The predicted molar refractivity (Wildman–Crippen MR) is 106 cm³/mol. The summed E-state index contributed by atoms with van der Waals surface area (Å²) >= 11 is 0. The fourth-order valence-electron chi connectivity index (χ4n) is 2.96. The third-order valence-corrected chi connectivity index (χ3v) is 4.62. The minimum atomic E-state index is -4.92. The lowest BCUT2D eigenvalue weighted by Gasteiger charge is -2.30. The molecule has 0 radical (unpaired) electrons. The van der Waals surface area contributed by atoms with E-state index in [1.165, 1.54) is 0 Å². The number of halogens is 6. The molecule has 0 saturated carbocycles. The summed E-state index contributed by atoms with van der Waals surface area (Å²) in [6.45, 7) is 1.11. The Balaban J connectivity index is 2.45. The van der Waals surface area contributed by atoms with E-state index < -0.39 is 30.6 Å². The summed E-state index contributed by atoms with van der Waals surface area (Å²) in [6, 6.07) is 11.0. The second kappa shape index (κ2) is 10.7. The minimum absolute atomic E-state index is 0.0365. The van der Waals surface area contributed by atoms with E-state index in [0.717, 1.165) is 35.9 Å². The van der Waals surface area contributed by atoms with Crippen LogP contribution in [0.2, 0.25) is 0 Å². The molecule has 3 nitrogen and oxygen atoms in total. The zero-order valence-electron chi connectivity index (χ0n) is 17.0. The van der Waals surface area contributed by atoms with Crippen molar-refractivity contribution in [2.24, 2.45) is 0 Å². The summed E-state index contributed by atoms with van der Waals surface area (Å²) in [7, 11) is 0. The Morgan fingerprint density at radius 1 is 0.968 bits per heavy atom. The van der Waals surface area contributed by atoms with Crippen molar-refractivity contribution >= 4 is 5.69 Å². The van der Waals surface area contributed by atoms with Crippen molar-refractivity contribution in [2.75, 3.05) is 18.1 Å². The fourth-order valence-corrected chi connectivity index (χ4v) is 2.96. The molecule has 172 valence electrons. The molecule has 1 atom stereocenters. The van der Waals surface area contributed by atoms with Gasteiger partial charge in [0.05, 0.1) is 24.4 Å². The molecule has 0 heterocycles. The molecule has 1 unspecified atom stereocenters. The van der Waals surface area contributed by atoms with Gasteiger partial charge in [-0.3, -0.25) is 0 Å². The van der Waals surface area contributed by atoms with Crippen LogP contribution in [0.3, 0.4) is 0 Å². The summed E-state index contributed by atoms with van der Waals surface area (Å²) in [5.41, 5.74) is -0.590. The Kier molecular flexibility index (Phi) is 8.61. The van der Waals surface area contributed by atoms with E-state index in [1.54, 1.807) is 30.3 Å². The second-order valence-electron chi connectivity index (χ2n) is 7.16. The predicted octanol–water partition coefficient (Wildman–Crippen LogP) is 6.20. The molecule has 2 aromatic rings. The third kappa shape index (κ3) is 7.65. The van der Waals surface area contributed by atoms with Crippen LogP contribution in [-0.2, 0) is 12.7 Å². The number of rotatable bonds is 10. The van der Waals surface area contributed by atoms with Crippen LogP contribution in [0.5, 0.6) is 5.75 Å². The number of anilines is 1. The van der Waals surface area contributed by atoms with Gasteiger partial charge >= 0.3 is 12.4 Å². The van der Waals surface area contributed by atoms with Crippen molar-refractivity contribution in [1.82, 2.24) is 0 Å². The Bertz CT molecular complexity index is 808. The van der Waals surface area contributed by atoms with Crippen molar-refractivity contribution in [2.45, 2.75) is 51.2 Å². The van der Waals surface area contributed by atoms with Crippen molar-refractivity contribution in [3.63, 3.8) is 0 Å². The van der Waals surface area contributed by atoms with Gasteiger partial charge in [-0.1, -0.05) is 50.1 Å². The molecule has 1 N–H and O–H groups in total. The van der Waals surface area contributed by atoms with Gasteiger partial charge in [0.15, 0.2) is 6.10 Å². The van der Waals surface area contributed by atoms with Crippen molar-refractivity contribution in [3.05, 3.63) is 59.7 Å². The van der Waals surface area contributed by atoms with Gasteiger partial charge in [-0.05, 0) is 30.2 Å². The van der Waals surface area contributed by atoms with Crippen LogP contribution in [0, 0.1) is 0 Å². The minimum Gasteiger partial charge on any atom is -0.491 e. The van der Waals surface area contributed by atoms with Crippen LogP contribution in [0.15, 0.2) is 48.5 Å². The molecule has 9 heteroatoms. The molecule has 0 aromatic heterocycles. The van der Waals surface area contributed by atoms with Gasteiger partial charge in [-0.15, -0.1) is 0 Å². The summed E-state index contributed by atoms with van der Waals surface area (Å²) in [5.74, 6) is 0.0365. The molecule has 0 aliphatic heterocycles. The van der Waals surface area contributed by atoms with Crippen LogP contribution >= 0.6 is 0 Å². The van der Waals surface area contributed by atoms with Crippen LogP contribution in [0.1, 0.15) is 37.3 Å². The SMILES string of the molecule is CCCCCOc1ccc(C(F)(F)F)cc1N(Cc1ccccc1)CC(O)C(F)(F)F. The van der Waals surface area contributed by atoms with Gasteiger partial charge in [-0.2, -0.15) is 26.3 Å². The first-order valence-corrected chi connectivity index (χ1v) is 9.90. The Morgan fingerprint density at radius 3 is 2.23 bits per heavy atom.